The molecule has 4 rings (SSSR count). The van der Waals surface area contributed by atoms with Crippen molar-refractivity contribution in [1.82, 2.24) is 0 Å². The number of carbonyl (C=O) groups is 1. The van der Waals surface area contributed by atoms with Crippen LogP contribution in [0, 0.1) is 34.5 Å². The fourth-order valence-corrected chi connectivity index (χ4v) is 7.03. The van der Waals surface area contributed by atoms with Gasteiger partial charge in [-0.05, 0) is 73.0 Å². The molecule has 0 aromatic carbocycles. The van der Waals surface area contributed by atoms with E-state index in [4.69, 9.17) is 0 Å². The van der Waals surface area contributed by atoms with Crippen molar-refractivity contribution >= 4 is 11.5 Å². The van der Waals surface area contributed by atoms with Crippen LogP contribution < -0.4 is 0 Å². The monoisotopic (exact) mass is 303 g/mol. The zero-order valence-corrected chi connectivity index (χ0v) is 14.0. The minimum absolute atomic E-state index is 0.0879. The van der Waals surface area contributed by atoms with E-state index >= 15 is 0 Å². The predicted molar refractivity (Wildman–Crippen MR) is 86.0 cm³/mol. The van der Waals surface area contributed by atoms with Crippen molar-refractivity contribution in [3.8, 4) is 0 Å². The summed E-state index contributed by atoms with van der Waals surface area (Å²) in [5.74, 6) is 3.07. The Morgan fingerprint density at radius 1 is 1.09 bits per heavy atom. The maximum atomic E-state index is 12.1. The number of carbonyl (C=O) groups excluding carboxylic acids is 1. The van der Waals surface area contributed by atoms with Gasteiger partial charge in [-0.15, -0.1) is 0 Å². The highest BCUT2D eigenvalue weighted by atomic mass is 16.4. The molecule has 0 aromatic heterocycles. The molecule has 22 heavy (non-hydrogen) atoms. The Hall–Kier alpha value is -0.860. The lowest BCUT2D eigenvalue weighted by Gasteiger charge is -2.59. The fourth-order valence-electron chi connectivity index (χ4n) is 7.03. The predicted octanol–water partition coefficient (Wildman–Crippen LogP) is 4.43. The van der Waals surface area contributed by atoms with E-state index in [0.717, 1.165) is 17.8 Å². The van der Waals surface area contributed by atoms with E-state index in [2.05, 4.69) is 19.0 Å². The molecule has 4 aliphatic carbocycles. The number of rotatable bonds is 0. The molecule has 0 aliphatic heterocycles. The Labute approximate surface area is 133 Å². The number of nitrogens with zero attached hydrogens (tertiary/aromatic N) is 1. The summed E-state index contributed by atoms with van der Waals surface area (Å²) in [7, 11) is 0. The van der Waals surface area contributed by atoms with Crippen molar-refractivity contribution in [2.75, 3.05) is 0 Å². The van der Waals surface area contributed by atoms with Gasteiger partial charge in [0.1, 0.15) is 5.71 Å². The molecular formula is C19H29NO2. The summed E-state index contributed by atoms with van der Waals surface area (Å²) < 4.78 is 0. The van der Waals surface area contributed by atoms with Gasteiger partial charge in [-0.2, -0.15) is 0 Å². The Kier molecular flexibility index (Phi) is 3.22. The van der Waals surface area contributed by atoms with Crippen LogP contribution >= 0.6 is 0 Å². The van der Waals surface area contributed by atoms with Gasteiger partial charge in [-0.3, -0.25) is 4.79 Å². The summed E-state index contributed by atoms with van der Waals surface area (Å²) >= 11 is 0. The molecule has 0 saturated heterocycles. The maximum absolute atomic E-state index is 12.1. The lowest BCUT2D eigenvalue weighted by molar-refractivity contribution is -0.125. The smallest absolute Gasteiger partial charge is 0.180 e. The number of hydrogen-bond acceptors (Lipinski definition) is 3. The van der Waals surface area contributed by atoms with Crippen molar-refractivity contribution in [3.63, 3.8) is 0 Å². The summed E-state index contributed by atoms with van der Waals surface area (Å²) in [6.45, 7) is 4.92. The van der Waals surface area contributed by atoms with Gasteiger partial charge in [-0.1, -0.05) is 25.4 Å². The van der Waals surface area contributed by atoms with Gasteiger partial charge in [0.25, 0.3) is 0 Å². The van der Waals surface area contributed by atoms with Crippen LogP contribution in [0.2, 0.25) is 0 Å². The zero-order chi connectivity index (χ0) is 15.5. The van der Waals surface area contributed by atoms with E-state index in [1.807, 2.05) is 0 Å². The Morgan fingerprint density at radius 3 is 2.68 bits per heavy atom. The molecule has 4 aliphatic rings. The summed E-state index contributed by atoms with van der Waals surface area (Å²) in [4.78, 5) is 12.1. The molecule has 4 fully saturated rings. The number of ketones is 1. The Balaban J connectivity index is 1.66. The average Bonchev–Trinajstić information content (AvgIpc) is 2.89. The molecule has 3 heteroatoms. The standard InChI is InChI=1S/C19H29NO2/c1-18-8-3-4-14(18)13-6-5-12-10-17(21)16(20-22)11-19(12,2)15(13)7-9-18/h12-15,22H,3-11H2,1-2H3/b20-16+/t12-,13-,14+,15+,18+,19-/m0/s1. The van der Waals surface area contributed by atoms with Crippen LogP contribution in [0.4, 0.5) is 0 Å². The lowest BCUT2D eigenvalue weighted by atomic mass is 9.45. The van der Waals surface area contributed by atoms with Crippen LogP contribution in [0.25, 0.3) is 0 Å². The molecule has 0 bridgehead atoms. The first-order valence-corrected chi connectivity index (χ1v) is 9.22. The zero-order valence-electron chi connectivity index (χ0n) is 14.0. The van der Waals surface area contributed by atoms with Gasteiger partial charge >= 0.3 is 0 Å². The van der Waals surface area contributed by atoms with Crippen LogP contribution in [-0.2, 0) is 4.79 Å². The first-order chi connectivity index (χ1) is 10.5. The van der Waals surface area contributed by atoms with Gasteiger partial charge in [0, 0.05) is 12.8 Å². The van der Waals surface area contributed by atoms with Crippen molar-refractivity contribution in [1.29, 1.82) is 0 Å². The molecule has 122 valence electrons. The van der Waals surface area contributed by atoms with Crippen molar-refractivity contribution in [2.24, 2.45) is 39.7 Å². The third-order valence-electron chi connectivity index (χ3n) is 8.27. The van der Waals surface area contributed by atoms with Crippen LogP contribution in [0.1, 0.15) is 71.6 Å². The highest BCUT2D eigenvalue weighted by Crippen LogP contribution is 2.65. The van der Waals surface area contributed by atoms with Crippen LogP contribution in [-0.4, -0.2) is 16.7 Å². The summed E-state index contributed by atoms with van der Waals surface area (Å²) in [5, 5.41) is 12.6. The fraction of sp³-hybridized carbons (Fsp3) is 0.895. The van der Waals surface area contributed by atoms with Gasteiger partial charge in [-0.25, -0.2) is 0 Å². The van der Waals surface area contributed by atoms with Gasteiger partial charge < -0.3 is 5.21 Å². The van der Waals surface area contributed by atoms with Crippen molar-refractivity contribution < 1.29 is 10.0 Å². The topological polar surface area (TPSA) is 49.7 Å². The molecule has 3 nitrogen and oxygen atoms in total. The molecule has 1 N–H and O–H groups in total. The lowest BCUT2D eigenvalue weighted by Crippen LogP contribution is -2.54. The summed E-state index contributed by atoms with van der Waals surface area (Å²) in [5.41, 5.74) is 1.21. The SMILES string of the molecule is C[C@]12CCC[C@@H]1[C@@H]1CC[C@H]3CC(=O)/C(=N/O)C[C@]3(C)[C@@H]1CC2. The van der Waals surface area contributed by atoms with E-state index < -0.39 is 0 Å². The van der Waals surface area contributed by atoms with E-state index in [1.165, 1.54) is 44.9 Å². The van der Waals surface area contributed by atoms with Crippen molar-refractivity contribution in [3.05, 3.63) is 0 Å². The minimum Gasteiger partial charge on any atom is -0.411 e. The van der Waals surface area contributed by atoms with E-state index in [-0.39, 0.29) is 11.2 Å². The van der Waals surface area contributed by atoms with E-state index in [1.54, 1.807) is 0 Å². The summed E-state index contributed by atoms with van der Waals surface area (Å²) in [6.07, 6.45) is 10.8. The minimum atomic E-state index is 0.0879. The number of oxime groups is 1. The molecule has 0 unspecified atom stereocenters. The maximum Gasteiger partial charge on any atom is 0.180 e. The van der Waals surface area contributed by atoms with Gasteiger partial charge in [0.2, 0.25) is 0 Å². The third-order valence-corrected chi connectivity index (χ3v) is 8.27. The molecule has 0 radical (unpaired) electrons. The first kappa shape index (κ1) is 14.7. The molecule has 0 aromatic rings. The number of Topliss-reactive ketones (excluding diaryl/α,β-unsaturated/α-hetero) is 1. The highest BCUT2D eigenvalue weighted by molar-refractivity contribution is 6.40. The number of fused-ring (bicyclic) bond motifs is 5. The Morgan fingerprint density at radius 2 is 1.91 bits per heavy atom. The van der Waals surface area contributed by atoms with E-state index in [9.17, 15) is 10.0 Å². The van der Waals surface area contributed by atoms with Crippen LogP contribution in [0.3, 0.4) is 0 Å². The molecule has 6 atom stereocenters. The van der Waals surface area contributed by atoms with E-state index in [0.29, 0.717) is 29.9 Å². The number of hydrogen-bond donors (Lipinski definition) is 1. The molecule has 4 saturated carbocycles. The first-order valence-electron chi connectivity index (χ1n) is 9.22. The molecule has 0 amide bonds. The Bertz CT molecular complexity index is 528. The second kappa shape index (κ2) is 4.82. The van der Waals surface area contributed by atoms with Gasteiger partial charge in [0.05, 0.1) is 0 Å². The van der Waals surface area contributed by atoms with Crippen LogP contribution in [0.5, 0.6) is 0 Å². The second-order valence-corrected chi connectivity index (χ2v) is 9.09. The average molecular weight is 303 g/mol. The molecular weight excluding hydrogens is 274 g/mol. The molecule has 0 spiro atoms. The second-order valence-electron chi connectivity index (χ2n) is 9.09. The summed E-state index contributed by atoms with van der Waals surface area (Å²) in [6, 6.07) is 0. The van der Waals surface area contributed by atoms with Gasteiger partial charge in [0.15, 0.2) is 5.78 Å². The highest BCUT2D eigenvalue weighted by Gasteiger charge is 2.58. The quantitative estimate of drug-likeness (QED) is 0.531. The van der Waals surface area contributed by atoms with Crippen LogP contribution in [0.15, 0.2) is 5.16 Å². The molecule has 0 heterocycles. The normalized spacial score (nSPS) is 53.0. The largest absolute Gasteiger partial charge is 0.411 e. The van der Waals surface area contributed by atoms with Crippen molar-refractivity contribution in [2.45, 2.75) is 71.6 Å². The third kappa shape index (κ3) is 1.86.